The molecule has 4 nitrogen and oxygen atoms in total. The highest BCUT2D eigenvalue weighted by molar-refractivity contribution is 5.95. The second-order valence-electron chi connectivity index (χ2n) is 4.97. The first-order valence-corrected chi connectivity index (χ1v) is 5.72. The van der Waals surface area contributed by atoms with E-state index in [4.69, 9.17) is 5.73 Å². The number of nitrogens with two attached hydrogens (primary N) is 1. The highest BCUT2D eigenvalue weighted by atomic mass is 16.2. The van der Waals surface area contributed by atoms with Gasteiger partial charge in [-0.25, -0.2) is 0 Å². The van der Waals surface area contributed by atoms with Crippen molar-refractivity contribution in [1.82, 2.24) is 9.88 Å². The number of likely N-dealkylation sites (N-methyl/N-ethyl adjacent to an activating group) is 1. The molecule has 2 N–H and O–H groups in total. The molecule has 4 heteroatoms. The van der Waals surface area contributed by atoms with Gasteiger partial charge in [-0.3, -0.25) is 9.78 Å². The Morgan fingerprint density at radius 3 is 2.47 bits per heavy atom. The lowest BCUT2D eigenvalue weighted by Gasteiger charge is -2.34. The molecule has 0 fully saturated rings. The molecule has 0 aromatic carbocycles. The number of hydrogen-bond acceptors (Lipinski definition) is 3. The zero-order chi connectivity index (χ0) is 13.2. The Morgan fingerprint density at radius 1 is 1.41 bits per heavy atom. The van der Waals surface area contributed by atoms with Gasteiger partial charge in [-0.05, 0) is 39.8 Å². The third-order valence-corrected chi connectivity index (χ3v) is 3.17. The predicted octanol–water partition coefficient (Wildman–Crippen LogP) is 1.51. The van der Waals surface area contributed by atoms with Crippen LogP contribution in [0.2, 0.25) is 0 Å². The Kier molecular flexibility index (Phi) is 3.88. The molecule has 1 aromatic rings. The quantitative estimate of drug-likeness (QED) is 0.864. The smallest absolute Gasteiger partial charge is 0.255 e. The van der Waals surface area contributed by atoms with Crippen molar-refractivity contribution in [2.45, 2.75) is 33.2 Å². The normalized spacial score (nSPS) is 11.4. The molecule has 1 rings (SSSR count). The average Bonchev–Trinajstić information content (AvgIpc) is 2.27. The zero-order valence-corrected chi connectivity index (χ0v) is 11.2. The fourth-order valence-electron chi connectivity index (χ4n) is 1.51. The maximum atomic E-state index is 12.3. The van der Waals surface area contributed by atoms with Gasteiger partial charge >= 0.3 is 0 Å². The van der Waals surface area contributed by atoms with Crippen LogP contribution >= 0.6 is 0 Å². The van der Waals surface area contributed by atoms with Crippen LogP contribution in [-0.4, -0.2) is 34.9 Å². The summed E-state index contributed by atoms with van der Waals surface area (Å²) in [7, 11) is 1.77. The van der Waals surface area contributed by atoms with E-state index in [2.05, 4.69) is 4.98 Å². The van der Waals surface area contributed by atoms with Gasteiger partial charge in [0, 0.05) is 24.8 Å². The summed E-state index contributed by atoms with van der Waals surface area (Å²) in [6, 6.07) is 3.67. The van der Waals surface area contributed by atoms with Gasteiger partial charge in [0.1, 0.15) is 0 Å². The molecule has 0 aliphatic carbocycles. The summed E-state index contributed by atoms with van der Waals surface area (Å²) in [6.07, 6.45) is 0. The second kappa shape index (κ2) is 4.84. The molecule has 0 bridgehead atoms. The lowest BCUT2D eigenvalue weighted by atomic mass is 10.0. The standard InChI is InChI=1S/C13H21N3O/c1-9-6-7-11(10(2)15-9)12(17)16(5)13(3,4)8-14/h6-7H,8,14H2,1-5H3. The number of carbonyl (C=O) groups is 1. The molecule has 0 saturated carbocycles. The molecule has 94 valence electrons. The average molecular weight is 235 g/mol. The van der Waals surface area contributed by atoms with Gasteiger partial charge in [-0.15, -0.1) is 0 Å². The van der Waals surface area contributed by atoms with Crippen molar-refractivity contribution in [3.8, 4) is 0 Å². The van der Waals surface area contributed by atoms with Crippen LogP contribution in [0.3, 0.4) is 0 Å². The number of aromatic nitrogens is 1. The first-order chi connectivity index (χ1) is 7.79. The van der Waals surface area contributed by atoms with Crippen molar-refractivity contribution in [1.29, 1.82) is 0 Å². The van der Waals surface area contributed by atoms with Crippen LogP contribution in [0.5, 0.6) is 0 Å². The molecule has 0 aliphatic heterocycles. The van der Waals surface area contributed by atoms with Crippen LogP contribution in [0.25, 0.3) is 0 Å². The van der Waals surface area contributed by atoms with E-state index in [0.29, 0.717) is 12.1 Å². The molecule has 1 amide bonds. The number of hydrogen-bond donors (Lipinski definition) is 1. The minimum absolute atomic E-state index is 0.0366. The molecule has 0 aliphatic rings. The van der Waals surface area contributed by atoms with Crippen molar-refractivity contribution in [3.63, 3.8) is 0 Å². The summed E-state index contributed by atoms with van der Waals surface area (Å²) in [5, 5.41) is 0. The van der Waals surface area contributed by atoms with E-state index in [1.807, 2.05) is 39.8 Å². The van der Waals surface area contributed by atoms with Crippen LogP contribution in [0, 0.1) is 13.8 Å². The van der Waals surface area contributed by atoms with E-state index >= 15 is 0 Å². The van der Waals surface area contributed by atoms with Crippen molar-refractivity contribution in [3.05, 3.63) is 29.1 Å². The molecule has 1 aromatic heterocycles. The van der Waals surface area contributed by atoms with Crippen molar-refractivity contribution in [2.24, 2.45) is 5.73 Å². The maximum Gasteiger partial charge on any atom is 0.255 e. The third kappa shape index (κ3) is 2.82. The van der Waals surface area contributed by atoms with Gasteiger partial charge in [0.2, 0.25) is 0 Å². The summed E-state index contributed by atoms with van der Waals surface area (Å²) in [6.45, 7) is 8.08. The van der Waals surface area contributed by atoms with Crippen LogP contribution in [0.15, 0.2) is 12.1 Å². The largest absolute Gasteiger partial charge is 0.335 e. The van der Waals surface area contributed by atoms with Gasteiger partial charge in [0.15, 0.2) is 0 Å². The van der Waals surface area contributed by atoms with Crippen LogP contribution < -0.4 is 5.73 Å². The van der Waals surface area contributed by atoms with Crippen LogP contribution in [0.1, 0.15) is 35.6 Å². The van der Waals surface area contributed by atoms with Gasteiger partial charge in [0.25, 0.3) is 5.91 Å². The molecule has 0 spiro atoms. The van der Waals surface area contributed by atoms with Crippen molar-refractivity contribution >= 4 is 5.91 Å². The van der Waals surface area contributed by atoms with E-state index < -0.39 is 0 Å². The molecule has 0 unspecified atom stereocenters. The molecule has 17 heavy (non-hydrogen) atoms. The molecular weight excluding hydrogens is 214 g/mol. The van der Waals surface area contributed by atoms with Crippen LogP contribution in [-0.2, 0) is 0 Å². The lowest BCUT2D eigenvalue weighted by molar-refractivity contribution is 0.0639. The monoisotopic (exact) mass is 235 g/mol. The van der Waals surface area contributed by atoms with E-state index in [1.54, 1.807) is 11.9 Å². The fraction of sp³-hybridized carbons (Fsp3) is 0.538. The van der Waals surface area contributed by atoms with E-state index in [-0.39, 0.29) is 11.4 Å². The first kappa shape index (κ1) is 13.6. The Bertz CT molecular complexity index is 427. The summed E-state index contributed by atoms with van der Waals surface area (Å²) < 4.78 is 0. The second-order valence-corrected chi connectivity index (χ2v) is 4.97. The lowest BCUT2D eigenvalue weighted by Crippen LogP contribution is -2.50. The van der Waals surface area contributed by atoms with Gasteiger partial charge in [0.05, 0.1) is 11.3 Å². The number of nitrogens with zero attached hydrogens (tertiary/aromatic N) is 2. The van der Waals surface area contributed by atoms with Crippen molar-refractivity contribution < 1.29 is 4.79 Å². The predicted molar refractivity (Wildman–Crippen MR) is 68.9 cm³/mol. The van der Waals surface area contributed by atoms with E-state index in [9.17, 15) is 4.79 Å². The van der Waals surface area contributed by atoms with E-state index in [0.717, 1.165) is 11.4 Å². The highest BCUT2D eigenvalue weighted by Gasteiger charge is 2.27. The number of rotatable bonds is 3. The number of pyridine rings is 1. The Hall–Kier alpha value is -1.42. The summed E-state index contributed by atoms with van der Waals surface area (Å²) in [5.41, 5.74) is 7.64. The number of amides is 1. The highest BCUT2D eigenvalue weighted by Crippen LogP contribution is 2.16. The Labute approximate surface area is 103 Å². The van der Waals surface area contributed by atoms with Gasteiger partial charge in [-0.1, -0.05) is 0 Å². The molecule has 0 saturated heterocycles. The summed E-state index contributed by atoms with van der Waals surface area (Å²) in [4.78, 5) is 18.3. The topological polar surface area (TPSA) is 59.2 Å². The Morgan fingerprint density at radius 2 is 2.00 bits per heavy atom. The summed E-state index contributed by atoms with van der Waals surface area (Å²) >= 11 is 0. The van der Waals surface area contributed by atoms with Crippen LogP contribution in [0.4, 0.5) is 0 Å². The Balaban J connectivity index is 3.05. The number of aryl methyl sites for hydroxylation is 2. The molecule has 1 heterocycles. The SMILES string of the molecule is Cc1ccc(C(=O)N(C)C(C)(C)CN)c(C)n1. The zero-order valence-electron chi connectivity index (χ0n) is 11.2. The van der Waals surface area contributed by atoms with Gasteiger partial charge < -0.3 is 10.6 Å². The van der Waals surface area contributed by atoms with E-state index in [1.165, 1.54) is 0 Å². The first-order valence-electron chi connectivity index (χ1n) is 5.72. The minimum atomic E-state index is -0.353. The molecular formula is C13H21N3O. The molecule has 0 radical (unpaired) electrons. The minimum Gasteiger partial charge on any atom is -0.335 e. The van der Waals surface area contributed by atoms with Gasteiger partial charge in [-0.2, -0.15) is 0 Å². The molecule has 0 atom stereocenters. The summed E-state index contributed by atoms with van der Waals surface area (Å²) in [5.74, 6) is -0.0366. The third-order valence-electron chi connectivity index (χ3n) is 3.17. The number of carbonyl (C=O) groups excluding carboxylic acids is 1. The van der Waals surface area contributed by atoms with Crippen molar-refractivity contribution in [2.75, 3.05) is 13.6 Å². The fourth-order valence-corrected chi connectivity index (χ4v) is 1.51. The maximum absolute atomic E-state index is 12.3.